The van der Waals surface area contributed by atoms with E-state index in [9.17, 15) is 9.59 Å². The van der Waals surface area contributed by atoms with Gasteiger partial charge in [-0.25, -0.2) is 0 Å². The molecule has 0 saturated carbocycles. The highest BCUT2D eigenvalue weighted by Gasteiger charge is 2.30. The van der Waals surface area contributed by atoms with E-state index in [-0.39, 0.29) is 11.8 Å². The number of ether oxygens (including phenoxy) is 1. The van der Waals surface area contributed by atoms with Crippen LogP contribution in [0.25, 0.3) is 0 Å². The second-order valence-corrected chi connectivity index (χ2v) is 9.13. The zero-order valence-electron chi connectivity index (χ0n) is 21.0. The van der Waals surface area contributed by atoms with Crippen LogP contribution in [0.5, 0.6) is 5.75 Å². The third-order valence-corrected chi connectivity index (χ3v) is 6.55. The molecule has 0 spiro atoms. The van der Waals surface area contributed by atoms with Gasteiger partial charge >= 0.3 is 0 Å². The summed E-state index contributed by atoms with van der Waals surface area (Å²) in [6, 6.07) is 20.9. The van der Waals surface area contributed by atoms with Crippen molar-refractivity contribution in [3.63, 3.8) is 0 Å². The number of hydrogen-bond acceptors (Lipinski definition) is 5. The first kappa shape index (κ1) is 24.2. The van der Waals surface area contributed by atoms with E-state index in [1.807, 2.05) is 78.3 Å². The Balaban J connectivity index is 1.41. The first-order valence-corrected chi connectivity index (χ1v) is 12.3. The lowest BCUT2D eigenvalue weighted by Crippen LogP contribution is -2.37. The normalized spacial score (nSPS) is 12.6. The summed E-state index contributed by atoms with van der Waals surface area (Å²) in [4.78, 5) is 32.8. The van der Waals surface area contributed by atoms with Gasteiger partial charge in [-0.05, 0) is 48.9 Å². The molecule has 0 saturated heterocycles. The molecule has 188 valence electrons. The topological polar surface area (TPSA) is 89.3 Å². The second kappa shape index (κ2) is 10.7. The molecule has 5 rings (SSSR count). The van der Waals surface area contributed by atoms with Gasteiger partial charge < -0.3 is 15.0 Å². The highest BCUT2D eigenvalue weighted by Crippen LogP contribution is 2.25. The summed E-state index contributed by atoms with van der Waals surface area (Å²) in [7, 11) is 1.62. The average Bonchev–Trinajstić information content (AvgIpc) is 3.29. The molecule has 2 aromatic heterocycles. The standard InChI is InChI=1S/C29H29N5O3/c1-20-6-5-7-22(16-20)29(36)33-15-13-26-25(19-33)27(32-34(26)18-23-8-3-4-14-30-23)28(35)31-17-21-9-11-24(37-2)12-10-21/h3-12,14,16H,13,15,17-19H2,1-2H3,(H,31,35). The van der Waals surface area contributed by atoms with Gasteiger partial charge in [0, 0.05) is 42.5 Å². The number of pyridine rings is 1. The van der Waals surface area contributed by atoms with E-state index >= 15 is 0 Å². The number of carbonyl (C=O) groups excluding carboxylic acids is 2. The van der Waals surface area contributed by atoms with Crippen molar-refractivity contribution in [3.8, 4) is 5.75 Å². The molecule has 0 aliphatic carbocycles. The molecule has 0 radical (unpaired) electrons. The summed E-state index contributed by atoms with van der Waals surface area (Å²) in [5, 5.41) is 7.70. The maximum Gasteiger partial charge on any atom is 0.272 e. The monoisotopic (exact) mass is 495 g/mol. The van der Waals surface area contributed by atoms with E-state index in [2.05, 4.69) is 10.3 Å². The van der Waals surface area contributed by atoms with Gasteiger partial charge in [-0.15, -0.1) is 0 Å². The van der Waals surface area contributed by atoms with E-state index in [0.717, 1.165) is 33.8 Å². The van der Waals surface area contributed by atoms with Crippen molar-refractivity contribution in [3.05, 3.63) is 112 Å². The van der Waals surface area contributed by atoms with E-state index in [4.69, 9.17) is 9.84 Å². The van der Waals surface area contributed by atoms with E-state index in [1.165, 1.54) is 0 Å². The Morgan fingerprint density at radius 2 is 1.89 bits per heavy atom. The number of amides is 2. The molecule has 1 N–H and O–H groups in total. The Morgan fingerprint density at radius 3 is 2.62 bits per heavy atom. The minimum atomic E-state index is -0.267. The van der Waals surface area contributed by atoms with Crippen LogP contribution in [-0.4, -0.2) is 45.1 Å². The SMILES string of the molecule is COc1ccc(CNC(=O)c2nn(Cc3ccccn3)c3c2CN(C(=O)c2cccc(C)c2)CC3)cc1. The first-order valence-electron chi connectivity index (χ1n) is 12.3. The van der Waals surface area contributed by atoms with Crippen LogP contribution in [-0.2, 0) is 26.1 Å². The highest BCUT2D eigenvalue weighted by molar-refractivity contribution is 5.96. The molecule has 37 heavy (non-hydrogen) atoms. The number of hydrogen-bond donors (Lipinski definition) is 1. The predicted molar refractivity (Wildman–Crippen MR) is 139 cm³/mol. The molecular weight excluding hydrogens is 466 g/mol. The summed E-state index contributed by atoms with van der Waals surface area (Å²) < 4.78 is 7.06. The van der Waals surface area contributed by atoms with Gasteiger partial charge in [-0.1, -0.05) is 35.9 Å². The van der Waals surface area contributed by atoms with Crippen molar-refractivity contribution >= 4 is 11.8 Å². The van der Waals surface area contributed by atoms with Gasteiger partial charge in [0.1, 0.15) is 5.75 Å². The number of aryl methyl sites for hydroxylation is 1. The number of fused-ring (bicyclic) bond motifs is 1. The van der Waals surface area contributed by atoms with Gasteiger partial charge in [0.05, 0.1) is 25.9 Å². The van der Waals surface area contributed by atoms with Crippen LogP contribution in [0.1, 0.15) is 48.9 Å². The number of aromatic nitrogens is 3. The van der Waals surface area contributed by atoms with Crippen molar-refractivity contribution in [2.75, 3.05) is 13.7 Å². The minimum Gasteiger partial charge on any atom is -0.497 e. The summed E-state index contributed by atoms with van der Waals surface area (Å²) in [6.45, 7) is 3.67. The molecule has 0 unspecified atom stereocenters. The van der Waals surface area contributed by atoms with Crippen LogP contribution in [0.3, 0.4) is 0 Å². The van der Waals surface area contributed by atoms with E-state index < -0.39 is 0 Å². The maximum atomic E-state index is 13.3. The summed E-state index contributed by atoms with van der Waals surface area (Å²) in [5.74, 6) is 0.448. The Kier molecular flexibility index (Phi) is 6.98. The molecule has 2 aromatic carbocycles. The molecule has 2 amide bonds. The number of carbonyl (C=O) groups is 2. The van der Waals surface area contributed by atoms with E-state index in [1.54, 1.807) is 18.2 Å². The van der Waals surface area contributed by atoms with Crippen LogP contribution < -0.4 is 10.1 Å². The fourth-order valence-electron chi connectivity index (χ4n) is 4.59. The van der Waals surface area contributed by atoms with Crippen LogP contribution >= 0.6 is 0 Å². The zero-order valence-corrected chi connectivity index (χ0v) is 21.0. The highest BCUT2D eigenvalue weighted by atomic mass is 16.5. The number of nitrogens with zero attached hydrogens (tertiary/aromatic N) is 4. The fraction of sp³-hybridized carbons (Fsp3) is 0.241. The molecule has 8 nitrogen and oxygen atoms in total. The third kappa shape index (κ3) is 5.38. The van der Waals surface area contributed by atoms with Crippen LogP contribution in [0.15, 0.2) is 72.9 Å². The summed E-state index contributed by atoms with van der Waals surface area (Å²) >= 11 is 0. The van der Waals surface area contributed by atoms with Crippen molar-refractivity contribution in [2.24, 2.45) is 0 Å². The second-order valence-electron chi connectivity index (χ2n) is 9.13. The molecule has 4 aromatic rings. The summed E-state index contributed by atoms with van der Waals surface area (Å²) in [5.41, 5.74) is 5.59. The molecule has 3 heterocycles. The van der Waals surface area contributed by atoms with E-state index in [0.29, 0.717) is 43.9 Å². The first-order chi connectivity index (χ1) is 18.0. The lowest BCUT2D eigenvalue weighted by atomic mass is 10.0. The molecule has 8 heteroatoms. The van der Waals surface area contributed by atoms with Crippen LogP contribution in [0.4, 0.5) is 0 Å². The van der Waals surface area contributed by atoms with Crippen LogP contribution in [0.2, 0.25) is 0 Å². The Bertz CT molecular complexity index is 1410. The number of nitrogens with one attached hydrogen (secondary N) is 1. The summed E-state index contributed by atoms with van der Waals surface area (Å²) in [6.07, 6.45) is 2.36. The Labute approximate surface area is 215 Å². The number of methoxy groups -OCH3 is 1. The largest absolute Gasteiger partial charge is 0.497 e. The van der Waals surface area contributed by atoms with Gasteiger partial charge in [0.2, 0.25) is 0 Å². The molecule has 0 bridgehead atoms. The van der Waals surface area contributed by atoms with Crippen molar-refractivity contribution in [1.82, 2.24) is 25.0 Å². The Hall–Kier alpha value is -4.46. The van der Waals surface area contributed by atoms with Gasteiger partial charge in [-0.3, -0.25) is 19.3 Å². The number of benzene rings is 2. The average molecular weight is 496 g/mol. The molecule has 0 fully saturated rings. The molecular formula is C29H29N5O3. The van der Waals surface area contributed by atoms with Gasteiger partial charge in [-0.2, -0.15) is 5.10 Å². The zero-order chi connectivity index (χ0) is 25.8. The lowest BCUT2D eigenvalue weighted by molar-refractivity contribution is 0.0730. The Morgan fingerprint density at radius 1 is 1.05 bits per heavy atom. The minimum absolute atomic E-state index is 0.0450. The quantitative estimate of drug-likeness (QED) is 0.422. The van der Waals surface area contributed by atoms with Crippen molar-refractivity contribution < 1.29 is 14.3 Å². The smallest absolute Gasteiger partial charge is 0.272 e. The molecule has 1 aliphatic heterocycles. The van der Waals surface area contributed by atoms with Crippen LogP contribution in [0, 0.1) is 6.92 Å². The van der Waals surface area contributed by atoms with Crippen molar-refractivity contribution in [1.29, 1.82) is 0 Å². The number of rotatable bonds is 7. The van der Waals surface area contributed by atoms with Crippen molar-refractivity contribution in [2.45, 2.75) is 33.0 Å². The van der Waals surface area contributed by atoms with Gasteiger partial charge in [0.25, 0.3) is 11.8 Å². The predicted octanol–water partition coefficient (Wildman–Crippen LogP) is 3.77. The van der Waals surface area contributed by atoms with Gasteiger partial charge in [0.15, 0.2) is 5.69 Å². The fourth-order valence-corrected chi connectivity index (χ4v) is 4.59. The lowest BCUT2D eigenvalue weighted by Gasteiger charge is -2.28. The molecule has 0 atom stereocenters. The molecule has 1 aliphatic rings. The third-order valence-electron chi connectivity index (χ3n) is 6.55. The maximum absolute atomic E-state index is 13.3.